The number of aromatic nitrogens is 6. The monoisotopic (exact) mass is 504 g/mol. The number of pyridine rings is 3. The van der Waals surface area contributed by atoms with Crippen molar-refractivity contribution in [2.24, 2.45) is 5.92 Å². The topological polar surface area (TPSA) is 110 Å². The average molecular weight is 505 g/mol. The molecule has 0 bridgehead atoms. The van der Waals surface area contributed by atoms with E-state index in [-0.39, 0.29) is 0 Å². The van der Waals surface area contributed by atoms with Gasteiger partial charge >= 0.3 is 0 Å². The molecule has 0 spiro atoms. The van der Waals surface area contributed by atoms with Gasteiger partial charge in [0, 0.05) is 59.1 Å². The third kappa shape index (κ3) is 4.82. The van der Waals surface area contributed by atoms with Crippen LogP contribution in [-0.4, -0.2) is 36.0 Å². The number of rotatable bonds is 8. The number of aryl methyl sites for hydroxylation is 1. The molecule has 5 heterocycles. The van der Waals surface area contributed by atoms with Crippen molar-refractivity contribution in [2.45, 2.75) is 39.2 Å². The van der Waals surface area contributed by atoms with Crippen molar-refractivity contribution < 1.29 is 0 Å². The van der Waals surface area contributed by atoms with Gasteiger partial charge in [-0.1, -0.05) is 19.4 Å². The number of hydrogen-bond donors (Lipinski definition) is 3. The Labute approximate surface area is 222 Å². The summed E-state index contributed by atoms with van der Waals surface area (Å²) >= 11 is 0. The minimum Gasteiger partial charge on any atom is -0.397 e. The second-order valence-electron chi connectivity index (χ2n) is 10.2. The van der Waals surface area contributed by atoms with Gasteiger partial charge in [0.25, 0.3) is 0 Å². The summed E-state index contributed by atoms with van der Waals surface area (Å²) in [6.45, 7) is 8.21. The molecule has 0 amide bonds. The molecule has 1 saturated carbocycles. The van der Waals surface area contributed by atoms with Gasteiger partial charge in [-0.25, -0.2) is 9.97 Å². The van der Waals surface area contributed by atoms with Gasteiger partial charge in [-0.3, -0.25) is 14.5 Å². The van der Waals surface area contributed by atoms with Gasteiger partial charge in [0.05, 0.1) is 28.8 Å². The van der Waals surface area contributed by atoms with E-state index in [1.165, 1.54) is 25.7 Å². The molecule has 0 radical (unpaired) electrons. The van der Waals surface area contributed by atoms with E-state index in [0.29, 0.717) is 5.69 Å². The van der Waals surface area contributed by atoms with Gasteiger partial charge in [0.1, 0.15) is 12.1 Å². The van der Waals surface area contributed by atoms with E-state index in [4.69, 9.17) is 5.73 Å². The third-order valence-electron chi connectivity index (χ3n) is 7.40. The van der Waals surface area contributed by atoms with Crippen LogP contribution in [0.25, 0.3) is 33.6 Å². The number of imidazole rings is 1. The van der Waals surface area contributed by atoms with Gasteiger partial charge in [-0.15, -0.1) is 0 Å². The zero-order valence-corrected chi connectivity index (χ0v) is 21.6. The van der Waals surface area contributed by atoms with Crippen LogP contribution in [0.2, 0.25) is 0 Å². The minimum absolute atomic E-state index is 0.573. The number of nitrogens with zero attached hydrogens (tertiary/aromatic N) is 5. The SMILES string of the molecule is C=C(c1cc2c(-n3cnc(C)c3)nccc2[nH]1)c1cc(-c2cncc(CNCC3CCCC3)c2)ncc1N. The lowest BCUT2D eigenvalue weighted by Gasteiger charge is -2.12. The summed E-state index contributed by atoms with van der Waals surface area (Å²) in [6, 6.07) is 8.16. The maximum atomic E-state index is 6.39. The van der Waals surface area contributed by atoms with E-state index < -0.39 is 0 Å². The molecule has 6 rings (SSSR count). The Morgan fingerprint density at radius 2 is 2.00 bits per heavy atom. The van der Waals surface area contributed by atoms with Crippen molar-refractivity contribution in [1.82, 2.24) is 34.8 Å². The van der Waals surface area contributed by atoms with Crippen LogP contribution in [0.15, 0.2) is 68.2 Å². The minimum atomic E-state index is 0.573. The predicted octanol–water partition coefficient (Wildman–Crippen LogP) is 5.44. The first-order valence-corrected chi connectivity index (χ1v) is 13.1. The van der Waals surface area contributed by atoms with Gasteiger partial charge in [-0.2, -0.15) is 0 Å². The number of aromatic amines is 1. The molecule has 192 valence electrons. The Balaban J connectivity index is 1.26. The smallest absolute Gasteiger partial charge is 0.147 e. The quantitative estimate of drug-likeness (QED) is 0.260. The summed E-state index contributed by atoms with van der Waals surface area (Å²) in [4.78, 5) is 21.5. The van der Waals surface area contributed by atoms with Crippen LogP contribution in [0.4, 0.5) is 5.69 Å². The number of anilines is 1. The molecular weight excluding hydrogens is 472 g/mol. The molecule has 38 heavy (non-hydrogen) atoms. The summed E-state index contributed by atoms with van der Waals surface area (Å²) in [5.74, 6) is 1.62. The first-order valence-electron chi connectivity index (χ1n) is 13.1. The van der Waals surface area contributed by atoms with Crippen LogP contribution in [0.3, 0.4) is 0 Å². The molecule has 0 aromatic carbocycles. The zero-order chi connectivity index (χ0) is 26.1. The Morgan fingerprint density at radius 1 is 1.13 bits per heavy atom. The molecule has 1 aliphatic carbocycles. The number of nitrogens with one attached hydrogen (secondary N) is 2. The van der Waals surface area contributed by atoms with E-state index in [1.807, 2.05) is 42.2 Å². The lowest BCUT2D eigenvalue weighted by molar-refractivity contribution is 0.489. The zero-order valence-electron chi connectivity index (χ0n) is 21.6. The van der Waals surface area contributed by atoms with Crippen LogP contribution >= 0.6 is 0 Å². The fourth-order valence-electron chi connectivity index (χ4n) is 5.33. The van der Waals surface area contributed by atoms with E-state index in [2.05, 4.69) is 48.9 Å². The van der Waals surface area contributed by atoms with Crippen molar-refractivity contribution in [3.63, 3.8) is 0 Å². The second kappa shape index (κ2) is 10.2. The van der Waals surface area contributed by atoms with Crippen LogP contribution in [0, 0.1) is 12.8 Å². The Hall–Kier alpha value is -4.30. The third-order valence-corrected chi connectivity index (χ3v) is 7.40. The van der Waals surface area contributed by atoms with E-state index in [1.54, 1.807) is 18.7 Å². The van der Waals surface area contributed by atoms with Crippen LogP contribution in [0.1, 0.15) is 48.2 Å². The molecule has 5 aromatic rings. The first kappa shape index (κ1) is 24.1. The first-order chi connectivity index (χ1) is 18.5. The van der Waals surface area contributed by atoms with Gasteiger partial charge < -0.3 is 16.0 Å². The summed E-state index contributed by atoms with van der Waals surface area (Å²) in [5.41, 5.74) is 14.3. The van der Waals surface area contributed by atoms with Crippen molar-refractivity contribution in [3.8, 4) is 17.1 Å². The van der Waals surface area contributed by atoms with Gasteiger partial charge in [0.2, 0.25) is 0 Å². The van der Waals surface area contributed by atoms with Crippen molar-refractivity contribution in [2.75, 3.05) is 12.3 Å². The molecule has 0 atom stereocenters. The lowest BCUT2D eigenvalue weighted by Crippen LogP contribution is -2.20. The van der Waals surface area contributed by atoms with Crippen LogP contribution < -0.4 is 11.1 Å². The Morgan fingerprint density at radius 3 is 2.82 bits per heavy atom. The normalized spacial score (nSPS) is 13.9. The Bertz CT molecular complexity index is 1610. The largest absolute Gasteiger partial charge is 0.397 e. The second-order valence-corrected chi connectivity index (χ2v) is 10.2. The van der Waals surface area contributed by atoms with E-state index in [9.17, 15) is 0 Å². The predicted molar refractivity (Wildman–Crippen MR) is 152 cm³/mol. The average Bonchev–Trinajstić information content (AvgIpc) is 3.70. The van der Waals surface area contributed by atoms with Gasteiger partial charge in [-0.05, 0) is 62.1 Å². The standard InChI is InChI=1S/C30H32N8/c1-19-17-38(18-36-19)30-25-11-28(37-27(25)7-8-34-30)20(2)24-10-29(35-16-26(24)31)23-9-22(14-33-15-23)13-32-12-21-5-3-4-6-21/h7-11,14-18,21,32,37H,2-6,12-13,31H2,1H3. The molecule has 5 aromatic heterocycles. The number of nitrogen functional groups attached to an aromatic ring is 1. The highest BCUT2D eigenvalue weighted by atomic mass is 15.1. The van der Waals surface area contributed by atoms with Crippen LogP contribution in [-0.2, 0) is 6.54 Å². The number of hydrogen-bond acceptors (Lipinski definition) is 6. The van der Waals surface area contributed by atoms with Gasteiger partial charge in [0.15, 0.2) is 0 Å². The molecule has 8 heteroatoms. The number of H-pyrrole nitrogens is 1. The highest BCUT2D eigenvalue weighted by Gasteiger charge is 2.16. The Kier molecular flexibility index (Phi) is 6.47. The van der Waals surface area contributed by atoms with Crippen molar-refractivity contribution in [1.29, 1.82) is 0 Å². The van der Waals surface area contributed by atoms with E-state index in [0.717, 1.165) is 75.1 Å². The lowest BCUT2D eigenvalue weighted by atomic mass is 10.0. The molecular formula is C30H32N8. The maximum Gasteiger partial charge on any atom is 0.147 e. The fraction of sp³-hybridized carbons (Fsp3) is 0.267. The van der Waals surface area contributed by atoms with Crippen molar-refractivity contribution in [3.05, 3.63) is 90.7 Å². The molecule has 4 N–H and O–H groups in total. The molecule has 1 fully saturated rings. The number of fused-ring (bicyclic) bond motifs is 1. The highest BCUT2D eigenvalue weighted by Crippen LogP contribution is 2.32. The summed E-state index contributed by atoms with van der Waals surface area (Å²) in [6.07, 6.45) is 16.4. The molecule has 0 saturated heterocycles. The molecule has 0 unspecified atom stereocenters. The highest BCUT2D eigenvalue weighted by molar-refractivity contribution is 5.93. The fourth-order valence-corrected chi connectivity index (χ4v) is 5.33. The van der Waals surface area contributed by atoms with E-state index >= 15 is 0 Å². The number of nitrogens with two attached hydrogens (primary N) is 1. The van der Waals surface area contributed by atoms with Crippen LogP contribution in [0.5, 0.6) is 0 Å². The summed E-state index contributed by atoms with van der Waals surface area (Å²) in [7, 11) is 0. The maximum absolute atomic E-state index is 6.39. The summed E-state index contributed by atoms with van der Waals surface area (Å²) in [5, 5.41) is 4.59. The molecule has 0 aliphatic heterocycles. The van der Waals surface area contributed by atoms with Crippen molar-refractivity contribution >= 4 is 22.2 Å². The molecule has 1 aliphatic rings. The molecule has 8 nitrogen and oxygen atoms in total. The summed E-state index contributed by atoms with van der Waals surface area (Å²) < 4.78 is 1.93.